The number of anilines is 1. The smallest absolute Gasteiger partial charge is 0.227 e. The zero-order valence-electron chi connectivity index (χ0n) is 17.2. The average Bonchev–Trinajstić information content (AvgIpc) is 3.37. The summed E-state index contributed by atoms with van der Waals surface area (Å²) in [6.07, 6.45) is 9.39. The highest BCUT2D eigenvalue weighted by atomic mass is 16.5. The van der Waals surface area contributed by atoms with Gasteiger partial charge in [-0.15, -0.1) is 0 Å². The molecule has 1 amide bonds. The van der Waals surface area contributed by atoms with Gasteiger partial charge in [-0.3, -0.25) is 4.79 Å². The van der Waals surface area contributed by atoms with Crippen LogP contribution in [0.3, 0.4) is 0 Å². The summed E-state index contributed by atoms with van der Waals surface area (Å²) in [5.74, 6) is 1.17. The van der Waals surface area contributed by atoms with E-state index >= 15 is 0 Å². The first-order valence-corrected chi connectivity index (χ1v) is 11.3. The molecule has 1 aromatic rings. The Morgan fingerprint density at radius 2 is 1.57 bits per heavy atom. The average molecular weight is 386 g/mol. The van der Waals surface area contributed by atoms with Gasteiger partial charge in [0.2, 0.25) is 5.91 Å². The van der Waals surface area contributed by atoms with Crippen molar-refractivity contribution in [1.29, 1.82) is 0 Å². The lowest BCUT2D eigenvalue weighted by atomic mass is 10.1. The van der Waals surface area contributed by atoms with Crippen molar-refractivity contribution >= 4 is 11.6 Å². The molecule has 3 saturated heterocycles. The van der Waals surface area contributed by atoms with Gasteiger partial charge < -0.3 is 19.4 Å². The molecule has 0 unspecified atom stereocenters. The fourth-order valence-electron chi connectivity index (χ4n) is 4.90. The molecule has 0 N–H and O–H groups in total. The van der Waals surface area contributed by atoms with Gasteiger partial charge in [-0.05, 0) is 89.0 Å². The van der Waals surface area contributed by atoms with E-state index in [0.717, 1.165) is 44.0 Å². The van der Waals surface area contributed by atoms with Crippen molar-refractivity contribution in [1.82, 2.24) is 9.80 Å². The summed E-state index contributed by atoms with van der Waals surface area (Å²) in [7, 11) is 0. The number of likely N-dealkylation sites (tertiary alicyclic amines) is 2. The van der Waals surface area contributed by atoms with Gasteiger partial charge in [-0.25, -0.2) is 0 Å². The van der Waals surface area contributed by atoms with Gasteiger partial charge in [0.25, 0.3) is 0 Å². The minimum absolute atomic E-state index is 0.263. The van der Waals surface area contributed by atoms with Gasteiger partial charge >= 0.3 is 0 Å². The Kier molecular flexibility index (Phi) is 6.86. The van der Waals surface area contributed by atoms with Crippen LogP contribution in [0.4, 0.5) is 5.69 Å². The Balaban J connectivity index is 1.26. The predicted molar refractivity (Wildman–Crippen MR) is 113 cm³/mol. The fraction of sp³-hybridized carbons (Fsp3) is 0.696. The van der Waals surface area contributed by atoms with Gasteiger partial charge in [-0.1, -0.05) is 6.42 Å². The van der Waals surface area contributed by atoms with E-state index in [9.17, 15) is 4.79 Å². The summed E-state index contributed by atoms with van der Waals surface area (Å²) in [4.78, 5) is 19.6. The highest BCUT2D eigenvalue weighted by Gasteiger charge is 2.33. The van der Waals surface area contributed by atoms with Crippen molar-refractivity contribution in [2.75, 3.05) is 50.8 Å². The van der Waals surface area contributed by atoms with Crippen molar-refractivity contribution in [2.24, 2.45) is 0 Å². The van der Waals surface area contributed by atoms with Crippen LogP contribution >= 0.6 is 0 Å². The molecule has 1 aromatic carbocycles. The van der Waals surface area contributed by atoms with E-state index < -0.39 is 0 Å². The molecule has 3 aliphatic heterocycles. The second-order valence-corrected chi connectivity index (χ2v) is 8.56. The maximum absolute atomic E-state index is 12.5. The molecular formula is C23H35N3O2. The Hall–Kier alpha value is -1.59. The minimum Gasteiger partial charge on any atom is -0.494 e. The van der Waals surface area contributed by atoms with Crippen molar-refractivity contribution < 1.29 is 9.53 Å². The third kappa shape index (κ3) is 5.06. The first-order chi connectivity index (χ1) is 13.8. The first kappa shape index (κ1) is 19.7. The zero-order valence-corrected chi connectivity index (χ0v) is 17.2. The number of piperidine rings is 1. The fourth-order valence-corrected chi connectivity index (χ4v) is 4.90. The lowest BCUT2D eigenvalue weighted by Crippen LogP contribution is -2.41. The van der Waals surface area contributed by atoms with Crippen LogP contribution in [-0.2, 0) is 4.79 Å². The van der Waals surface area contributed by atoms with E-state index in [2.05, 4.69) is 21.9 Å². The van der Waals surface area contributed by atoms with Gasteiger partial charge in [0.05, 0.1) is 12.6 Å². The lowest BCUT2D eigenvalue weighted by molar-refractivity contribution is -0.117. The second-order valence-electron chi connectivity index (χ2n) is 8.56. The minimum atomic E-state index is 0.263. The molecule has 0 aliphatic carbocycles. The second kappa shape index (κ2) is 9.75. The highest BCUT2D eigenvalue weighted by Crippen LogP contribution is 2.29. The molecule has 0 spiro atoms. The molecule has 28 heavy (non-hydrogen) atoms. The number of rotatable bonds is 8. The maximum atomic E-state index is 12.5. The van der Waals surface area contributed by atoms with Gasteiger partial charge in [0, 0.05) is 25.2 Å². The van der Waals surface area contributed by atoms with E-state index in [-0.39, 0.29) is 5.91 Å². The molecule has 4 rings (SSSR count). The van der Waals surface area contributed by atoms with Crippen LogP contribution in [0.25, 0.3) is 0 Å². The molecule has 0 saturated carbocycles. The number of benzene rings is 1. The molecule has 5 heteroatoms. The number of hydrogen-bond donors (Lipinski definition) is 0. The van der Waals surface area contributed by atoms with Crippen molar-refractivity contribution in [2.45, 2.75) is 57.4 Å². The zero-order chi connectivity index (χ0) is 19.2. The van der Waals surface area contributed by atoms with Crippen LogP contribution in [0.1, 0.15) is 51.4 Å². The van der Waals surface area contributed by atoms with E-state index in [1.807, 2.05) is 17.0 Å². The normalized spacial score (nSPS) is 24.2. The molecule has 3 aliphatic rings. The summed E-state index contributed by atoms with van der Waals surface area (Å²) < 4.78 is 5.94. The monoisotopic (exact) mass is 385 g/mol. The molecule has 3 fully saturated rings. The van der Waals surface area contributed by atoms with E-state index in [0.29, 0.717) is 12.5 Å². The summed E-state index contributed by atoms with van der Waals surface area (Å²) in [6, 6.07) is 8.48. The van der Waals surface area contributed by atoms with Crippen LogP contribution < -0.4 is 9.64 Å². The predicted octanol–water partition coefficient (Wildman–Crippen LogP) is 3.53. The van der Waals surface area contributed by atoms with Crippen LogP contribution in [-0.4, -0.2) is 67.6 Å². The van der Waals surface area contributed by atoms with Crippen molar-refractivity contribution in [3.63, 3.8) is 0 Å². The Labute approximate surface area is 169 Å². The number of ether oxygens (including phenoxy) is 1. The van der Waals surface area contributed by atoms with Gasteiger partial charge in [-0.2, -0.15) is 0 Å². The van der Waals surface area contributed by atoms with Crippen LogP contribution in [0.15, 0.2) is 24.3 Å². The Morgan fingerprint density at radius 3 is 2.32 bits per heavy atom. The third-order valence-electron chi connectivity index (χ3n) is 6.44. The SMILES string of the molecule is O=C1CC[C@@H](CN2CCCC2)N1c1ccc(OCCCN2CCCCC2)cc1. The molecule has 3 heterocycles. The summed E-state index contributed by atoms with van der Waals surface area (Å²) in [6.45, 7) is 7.77. The molecule has 154 valence electrons. The molecular weight excluding hydrogens is 350 g/mol. The van der Waals surface area contributed by atoms with Crippen molar-refractivity contribution in [3.05, 3.63) is 24.3 Å². The highest BCUT2D eigenvalue weighted by molar-refractivity contribution is 5.96. The van der Waals surface area contributed by atoms with Gasteiger partial charge in [0.1, 0.15) is 5.75 Å². The van der Waals surface area contributed by atoms with Crippen LogP contribution in [0.2, 0.25) is 0 Å². The largest absolute Gasteiger partial charge is 0.494 e. The third-order valence-corrected chi connectivity index (χ3v) is 6.44. The van der Waals surface area contributed by atoms with E-state index in [1.54, 1.807) is 0 Å². The number of amides is 1. The van der Waals surface area contributed by atoms with Crippen LogP contribution in [0.5, 0.6) is 5.75 Å². The Morgan fingerprint density at radius 1 is 0.893 bits per heavy atom. The number of carbonyl (C=O) groups is 1. The topological polar surface area (TPSA) is 36.0 Å². The molecule has 0 aromatic heterocycles. The van der Waals surface area contributed by atoms with Gasteiger partial charge in [0.15, 0.2) is 0 Å². The quantitative estimate of drug-likeness (QED) is 0.642. The molecule has 5 nitrogen and oxygen atoms in total. The summed E-state index contributed by atoms with van der Waals surface area (Å²) >= 11 is 0. The summed E-state index contributed by atoms with van der Waals surface area (Å²) in [5.41, 5.74) is 1.02. The number of hydrogen-bond acceptors (Lipinski definition) is 4. The first-order valence-electron chi connectivity index (χ1n) is 11.3. The Bertz CT molecular complexity index is 621. The lowest BCUT2D eigenvalue weighted by Gasteiger charge is -2.28. The number of carbonyl (C=O) groups excluding carboxylic acids is 1. The molecule has 1 atom stereocenters. The molecule has 0 bridgehead atoms. The van der Waals surface area contributed by atoms with E-state index in [4.69, 9.17) is 4.74 Å². The summed E-state index contributed by atoms with van der Waals surface area (Å²) in [5, 5.41) is 0. The standard InChI is InChI=1S/C23H35N3O2/c27-23-12-9-21(19-25-15-4-5-16-25)26(23)20-7-10-22(11-8-20)28-18-6-17-24-13-2-1-3-14-24/h7-8,10-11,21H,1-6,9,12-19H2/t21-/m0/s1. The van der Waals surface area contributed by atoms with Crippen LogP contribution in [0, 0.1) is 0 Å². The van der Waals surface area contributed by atoms with E-state index in [1.165, 1.54) is 58.3 Å². The van der Waals surface area contributed by atoms with Crippen molar-refractivity contribution in [3.8, 4) is 5.75 Å². The molecule has 0 radical (unpaired) electrons. The maximum Gasteiger partial charge on any atom is 0.227 e. The number of nitrogens with zero attached hydrogens (tertiary/aromatic N) is 3.